The van der Waals surface area contributed by atoms with Gasteiger partial charge in [0.15, 0.2) is 5.78 Å². The van der Waals surface area contributed by atoms with Gasteiger partial charge in [0.2, 0.25) is 5.91 Å². The van der Waals surface area contributed by atoms with Crippen LogP contribution in [0.3, 0.4) is 0 Å². The zero-order valence-corrected chi connectivity index (χ0v) is 12.5. The number of thioether (sulfide) groups is 1. The molecule has 0 aromatic heterocycles. The molecule has 104 valence electrons. The molecule has 1 fully saturated rings. The van der Waals surface area contributed by atoms with E-state index in [1.54, 1.807) is 0 Å². The van der Waals surface area contributed by atoms with Gasteiger partial charge in [-0.05, 0) is 19.8 Å². The van der Waals surface area contributed by atoms with Crippen LogP contribution in [0, 0.1) is 5.92 Å². The third-order valence-corrected chi connectivity index (χ3v) is 4.46. The van der Waals surface area contributed by atoms with Crippen molar-refractivity contribution in [1.29, 1.82) is 0 Å². The van der Waals surface area contributed by atoms with Crippen molar-refractivity contribution in [3.8, 4) is 0 Å². The summed E-state index contributed by atoms with van der Waals surface area (Å²) < 4.78 is 0. The topological polar surface area (TPSA) is 49.4 Å². The van der Waals surface area contributed by atoms with Crippen molar-refractivity contribution in [2.75, 3.05) is 24.6 Å². The molecule has 0 radical (unpaired) electrons. The summed E-state index contributed by atoms with van der Waals surface area (Å²) in [4.78, 5) is 25.6. The predicted molar refractivity (Wildman–Crippen MR) is 75.8 cm³/mol. The monoisotopic (exact) mass is 272 g/mol. The number of ketones is 1. The number of nitrogens with zero attached hydrogens (tertiary/aromatic N) is 1. The number of nitrogens with one attached hydrogen (secondary N) is 1. The Labute approximate surface area is 114 Å². The molecule has 0 aromatic carbocycles. The largest absolute Gasteiger partial charge is 0.345 e. The molecule has 1 heterocycles. The van der Waals surface area contributed by atoms with Crippen molar-refractivity contribution < 1.29 is 9.59 Å². The molecule has 0 aromatic rings. The normalized spacial score (nSPS) is 22.8. The van der Waals surface area contributed by atoms with E-state index < -0.39 is 0 Å². The fourth-order valence-electron chi connectivity index (χ4n) is 2.14. The first-order chi connectivity index (χ1) is 8.41. The third kappa shape index (κ3) is 4.61. The van der Waals surface area contributed by atoms with Gasteiger partial charge in [0.25, 0.3) is 0 Å². The molecular formula is C13H24N2O2S. The van der Waals surface area contributed by atoms with Crippen LogP contribution < -0.4 is 5.32 Å². The quantitative estimate of drug-likeness (QED) is 0.816. The molecule has 4 nitrogen and oxygen atoms in total. The first-order valence-electron chi connectivity index (χ1n) is 6.53. The van der Waals surface area contributed by atoms with Crippen LogP contribution in [0.1, 0.15) is 27.7 Å². The van der Waals surface area contributed by atoms with Crippen LogP contribution >= 0.6 is 11.8 Å². The fraction of sp³-hybridized carbons (Fsp3) is 0.846. The Hall–Kier alpha value is -0.550. The zero-order chi connectivity index (χ0) is 13.7. The maximum Gasteiger partial charge on any atom is 0.234 e. The Morgan fingerprint density at radius 1 is 1.44 bits per heavy atom. The fourth-order valence-corrected chi connectivity index (χ4v) is 3.22. The molecule has 1 rings (SSSR count). The summed E-state index contributed by atoms with van der Waals surface area (Å²) >= 11 is 1.93. The lowest BCUT2D eigenvalue weighted by atomic mass is 10.0. The number of rotatable bonds is 5. The van der Waals surface area contributed by atoms with Gasteiger partial charge in [-0.1, -0.05) is 13.8 Å². The van der Waals surface area contributed by atoms with Gasteiger partial charge in [0, 0.05) is 24.1 Å². The summed E-state index contributed by atoms with van der Waals surface area (Å²) in [5, 5.41) is 2.85. The summed E-state index contributed by atoms with van der Waals surface area (Å²) in [6.45, 7) is 8.93. The van der Waals surface area contributed by atoms with Crippen LogP contribution in [0.15, 0.2) is 0 Å². The Bertz CT molecular complexity index is 307. The Balaban J connectivity index is 2.47. The van der Waals surface area contributed by atoms with Crippen LogP contribution in [-0.2, 0) is 9.59 Å². The summed E-state index contributed by atoms with van der Waals surface area (Å²) in [5.74, 6) is 2.29. The SMILES string of the molecule is CC(=O)C(NC(=O)CN1CCSCC1C)C(C)C. The molecule has 0 aliphatic carbocycles. The molecule has 1 saturated heterocycles. The predicted octanol–water partition coefficient (Wildman–Crippen LogP) is 1.15. The van der Waals surface area contributed by atoms with Gasteiger partial charge in [-0.2, -0.15) is 11.8 Å². The van der Waals surface area contributed by atoms with E-state index in [1.165, 1.54) is 6.92 Å². The minimum Gasteiger partial charge on any atom is -0.345 e. The van der Waals surface area contributed by atoms with E-state index in [2.05, 4.69) is 17.1 Å². The molecule has 0 saturated carbocycles. The van der Waals surface area contributed by atoms with Crippen LogP contribution in [0.5, 0.6) is 0 Å². The lowest BCUT2D eigenvalue weighted by molar-refractivity contribution is -0.128. The number of amides is 1. The summed E-state index contributed by atoms with van der Waals surface area (Å²) in [6.07, 6.45) is 0. The van der Waals surface area contributed by atoms with Crippen LogP contribution in [0.2, 0.25) is 0 Å². The van der Waals surface area contributed by atoms with Crippen molar-refractivity contribution >= 4 is 23.5 Å². The summed E-state index contributed by atoms with van der Waals surface area (Å²) in [5.41, 5.74) is 0. The second kappa shape index (κ2) is 7.14. The Kier molecular flexibility index (Phi) is 6.15. The summed E-state index contributed by atoms with van der Waals surface area (Å²) in [6, 6.07) is 0.0799. The van der Waals surface area contributed by atoms with Crippen LogP contribution in [-0.4, -0.2) is 53.3 Å². The molecule has 2 atom stereocenters. The molecule has 1 N–H and O–H groups in total. The maximum absolute atomic E-state index is 12.0. The first-order valence-corrected chi connectivity index (χ1v) is 7.69. The van der Waals surface area contributed by atoms with E-state index in [4.69, 9.17) is 0 Å². The van der Waals surface area contributed by atoms with E-state index in [9.17, 15) is 9.59 Å². The maximum atomic E-state index is 12.0. The van der Waals surface area contributed by atoms with Crippen molar-refractivity contribution in [3.63, 3.8) is 0 Å². The van der Waals surface area contributed by atoms with E-state index in [0.29, 0.717) is 12.6 Å². The average Bonchev–Trinajstić information content (AvgIpc) is 2.28. The highest BCUT2D eigenvalue weighted by Gasteiger charge is 2.24. The summed E-state index contributed by atoms with van der Waals surface area (Å²) in [7, 11) is 0. The minimum absolute atomic E-state index is 0.0283. The molecular weight excluding hydrogens is 248 g/mol. The van der Waals surface area contributed by atoms with E-state index in [-0.39, 0.29) is 23.7 Å². The molecule has 18 heavy (non-hydrogen) atoms. The molecule has 0 bridgehead atoms. The van der Waals surface area contributed by atoms with Gasteiger partial charge in [0.05, 0.1) is 12.6 Å². The molecule has 1 aliphatic rings. The smallest absolute Gasteiger partial charge is 0.234 e. The van der Waals surface area contributed by atoms with E-state index in [1.807, 2.05) is 25.6 Å². The van der Waals surface area contributed by atoms with Gasteiger partial charge in [0.1, 0.15) is 0 Å². The van der Waals surface area contributed by atoms with Crippen LogP contribution in [0.25, 0.3) is 0 Å². The van der Waals surface area contributed by atoms with E-state index in [0.717, 1.165) is 18.1 Å². The van der Waals surface area contributed by atoms with Crippen molar-refractivity contribution in [1.82, 2.24) is 10.2 Å². The lowest BCUT2D eigenvalue weighted by Crippen LogP contribution is -2.50. The number of hydrogen-bond acceptors (Lipinski definition) is 4. The van der Waals surface area contributed by atoms with Crippen LogP contribution in [0.4, 0.5) is 0 Å². The van der Waals surface area contributed by atoms with Gasteiger partial charge >= 0.3 is 0 Å². The van der Waals surface area contributed by atoms with Gasteiger partial charge in [-0.15, -0.1) is 0 Å². The molecule has 1 aliphatic heterocycles. The van der Waals surface area contributed by atoms with Gasteiger partial charge in [-0.3, -0.25) is 14.5 Å². The van der Waals surface area contributed by atoms with Gasteiger partial charge in [-0.25, -0.2) is 0 Å². The third-order valence-electron chi connectivity index (χ3n) is 3.27. The zero-order valence-electron chi connectivity index (χ0n) is 11.7. The van der Waals surface area contributed by atoms with Crippen molar-refractivity contribution in [2.45, 2.75) is 39.8 Å². The standard InChI is InChI=1S/C13H24N2O2S/c1-9(2)13(11(4)16)14-12(17)7-15-5-6-18-8-10(15)3/h9-10,13H,5-8H2,1-4H3,(H,14,17). The highest BCUT2D eigenvalue weighted by molar-refractivity contribution is 7.99. The number of hydrogen-bond donors (Lipinski definition) is 1. The Morgan fingerprint density at radius 3 is 2.61 bits per heavy atom. The minimum atomic E-state index is -0.355. The first kappa shape index (κ1) is 15.5. The number of carbonyl (C=O) groups is 2. The average molecular weight is 272 g/mol. The number of carbonyl (C=O) groups excluding carboxylic acids is 2. The highest BCUT2D eigenvalue weighted by Crippen LogP contribution is 2.15. The number of Topliss-reactive ketones (excluding diaryl/α,β-unsaturated/α-hetero) is 1. The van der Waals surface area contributed by atoms with E-state index >= 15 is 0 Å². The molecule has 1 amide bonds. The molecule has 5 heteroatoms. The van der Waals surface area contributed by atoms with Gasteiger partial charge < -0.3 is 5.32 Å². The molecule has 0 spiro atoms. The lowest BCUT2D eigenvalue weighted by Gasteiger charge is -2.32. The highest BCUT2D eigenvalue weighted by atomic mass is 32.2. The van der Waals surface area contributed by atoms with Crippen molar-refractivity contribution in [2.24, 2.45) is 5.92 Å². The second-order valence-corrected chi connectivity index (χ2v) is 6.44. The second-order valence-electron chi connectivity index (χ2n) is 5.29. The molecule has 2 unspecified atom stereocenters. The van der Waals surface area contributed by atoms with Crippen molar-refractivity contribution in [3.05, 3.63) is 0 Å². The Morgan fingerprint density at radius 2 is 2.11 bits per heavy atom.